The van der Waals surface area contributed by atoms with Gasteiger partial charge in [0.1, 0.15) is 11.6 Å². The number of hydrogen-bond acceptors (Lipinski definition) is 5. The Kier molecular flexibility index (Phi) is 3.56. The van der Waals surface area contributed by atoms with Crippen LogP contribution in [0.2, 0.25) is 0 Å². The first kappa shape index (κ1) is 15.2. The quantitative estimate of drug-likeness (QED) is 0.923. The van der Waals surface area contributed by atoms with Crippen molar-refractivity contribution in [3.63, 3.8) is 0 Å². The number of likely N-dealkylation sites (N-methyl/N-ethyl adjacent to an activating group) is 1. The molecule has 5 heteroatoms. The number of aliphatic hydroxyl groups is 1. The van der Waals surface area contributed by atoms with Crippen LogP contribution in [0, 0.1) is 6.92 Å². The second-order valence-electron chi connectivity index (χ2n) is 6.88. The molecule has 0 amide bonds. The van der Waals surface area contributed by atoms with Gasteiger partial charge in [0.25, 0.3) is 0 Å². The van der Waals surface area contributed by atoms with E-state index >= 15 is 0 Å². The number of pyridine rings is 1. The highest BCUT2D eigenvalue weighted by Gasteiger charge is 2.34. The third-order valence-corrected chi connectivity index (χ3v) is 4.77. The average Bonchev–Trinajstić information content (AvgIpc) is 2.59. The van der Waals surface area contributed by atoms with E-state index in [0.29, 0.717) is 0 Å². The van der Waals surface area contributed by atoms with Crippen LogP contribution in [0.15, 0.2) is 6.07 Å². The van der Waals surface area contributed by atoms with Crippen LogP contribution in [0.3, 0.4) is 0 Å². The van der Waals surface area contributed by atoms with Crippen LogP contribution in [-0.4, -0.2) is 39.3 Å². The molecule has 3 heterocycles. The van der Waals surface area contributed by atoms with Crippen LogP contribution in [0.1, 0.15) is 50.3 Å². The highest BCUT2D eigenvalue weighted by molar-refractivity contribution is 5.92. The maximum absolute atomic E-state index is 9.91. The molecule has 3 rings (SSSR count). The Hall–Kier alpha value is -1.75. The highest BCUT2D eigenvalue weighted by atomic mass is 16.3. The van der Waals surface area contributed by atoms with Crippen molar-refractivity contribution in [3.05, 3.63) is 23.3 Å². The second kappa shape index (κ2) is 5.16. The van der Waals surface area contributed by atoms with Gasteiger partial charge in [0.15, 0.2) is 0 Å². The van der Waals surface area contributed by atoms with E-state index in [4.69, 9.17) is 15.0 Å². The molecule has 0 unspecified atom stereocenters. The molecule has 0 bridgehead atoms. The SMILES string of the molecule is Cc1cc2nc(C(C)C)nc3c2c(n1)CC[C@](C)(CO)N3C. The van der Waals surface area contributed by atoms with E-state index in [0.717, 1.165) is 46.8 Å². The third-order valence-electron chi connectivity index (χ3n) is 4.77. The number of hydrogen-bond donors (Lipinski definition) is 1. The van der Waals surface area contributed by atoms with E-state index < -0.39 is 0 Å². The summed E-state index contributed by atoms with van der Waals surface area (Å²) < 4.78 is 0. The van der Waals surface area contributed by atoms with Crippen molar-refractivity contribution in [1.82, 2.24) is 15.0 Å². The first-order chi connectivity index (χ1) is 10.4. The summed E-state index contributed by atoms with van der Waals surface area (Å²) >= 11 is 0. The summed E-state index contributed by atoms with van der Waals surface area (Å²) in [5.41, 5.74) is 2.66. The molecule has 118 valence electrons. The smallest absolute Gasteiger partial charge is 0.142 e. The normalized spacial score (nSPS) is 21.5. The molecule has 2 aromatic rings. The molecule has 1 N–H and O–H groups in total. The van der Waals surface area contributed by atoms with Gasteiger partial charge in [0.05, 0.1) is 28.7 Å². The number of aryl methyl sites for hydroxylation is 2. The molecule has 0 saturated heterocycles. The lowest BCUT2D eigenvalue weighted by atomic mass is 9.95. The van der Waals surface area contributed by atoms with Gasteiger partial charge in [-0.15, -0.1) is 0 Å². The van der Waals surface area contributed by atoms with Crippen LogP contribution in [0.25, 0.3) is 10.9 Å². The molecule has 0 radical (unpaired) electrons. The van der Waals surface area contributed by atoms with Gasteiger partial charge in [-0.25, -0.2) is 9.97 Å². The highest BCUT2D eigenvalue weighted by Crippen LogP contribution is 2.37. The summed E-state index contributed by atoms with van der Waals surface area (Å²) in [7, 11) is 2.01. The van der Waals surface area contributed by atoms with Crippen molar-refractivity contribution < 1.29 is 5.11 Å². The van der Waals surface area contributed by atoms with Crippen LogP contribution in [0.4, 0.5) is 5.82 Å². The van der Waals surface area contributed by atoms with Gasteiger partial charge in [-0.05, 0) is 32.8 Å². The fourth-order valence-electron chi connectivity index (χ4n) is 3.04. The molecule has 2 aromatic heterocycles. The monoisotopic (exact) mass is 300 g/mol. The van der Waals surface area contributed by atoms with Gasteiger partial charge < -0.3 is 10.0 Å². The van der Waals surface area contributed by atoms with Gasteiger partial charge in [0, 0.05) is 18.7 Å². The zero-order valence-electron chi connectivity index (χ0n) is 14.0. The third kappa shape index (κ3) is 2.24. The van der Waals surface area contributed by atoms with Gasteiger partial charge >= 0.3 is 0 Å². The molecule has 0 saturated carbocycles. The number of anilines is 1. The Morgan fingerprint density at radius 1 is 1.32 bits per heavy atom. The molecule has 0 spiro atoms. The van der Waals surface area contributed by atoms with Gasteiger partial charge in [-0.2, -0.15) is 0 Å². The number of aliphatic hydroxyl groups excluding tert-OH is 1. The van der Waals surface area contributed by atoms with Crippen molar-refractivity contribution in [2.45, 2.75) is 52.0 Å². The predicted molar refractivity (Wildman–Crippen MR) is 88.4 cm³/mol. The van der Waals surface area contributed by atoms with Gasteiger partial charge in [0.2, 0.25) is 0 Å². The molecular formula is C17H24N4O. The summed E-state index contributed by atoms with van der Waals surface area (Å²) in [6, 6.07) is 2.03. The first-order valence-corrected chi connectivity index (χ1v) is 7.88. The zero-order chi connectivity index (χ0) is 16.1. The van der Waals surface area contributed by atoms with Gasteiger partial charge in [-0.1, -0.05) is 13.8 Å². The maximum Gasteiger partial charge on any atom is 0.142 e. The van der Waals surface area contributed by atoms with E-state index in [2.05, 4.69) is 25.7 Å². The topological polar surface area (TPSA) is 62.1 Å². The number of rotatable bonds is 2. The minimum absolute atomic E-state index is 0.0962. The fraction of sp³-hybridized carbons (Fsp3) is 0.588. The van der Waals surface area contributed by atoms with E-state index in [-0.39, 0.29) is 18.1 Å². The molecular weight excluding hydrogens is 276 g/mol. The average molecular weight is 300 g/mol. The van der Waals surface area contributed by atoms with E-state index in [1.807, 2.05) is 20.0 Å². The van der Waals surface area contributed by atoms with Crippen LogP contribution < -0.4 is 4.90 Å². The van der Waals surface area contributed by atoms with E-state index in [1.54, 1.807) is 0 Å². The maximum atomic E-state index is 9.91. The summed E-state index contributed by atoms with van der Waals surface area (Å²) in [5.74, 6) is 1.99. The zero-order valence-corrected chi connectivity index (χ0v) is 14.0. The van der Waals surface area contributed by atoms with Crippen LogP contribution in [-0.2, 0) is 6.42 Å². The number of aromatic nitrogens is 3. The Labute approximate surface area is 131 Å². The summed E-state index contributed by atoms with van der Waals surface area (Å²) in [4.78, 5) is 16.4. The molecule has 0 aromatic carbocycles. The lowest BCUT2D eigenvalue weighted by Crippen LogP contribution is -2.47. The Balaban J connectivity index is 2.35. The van der Waals surface area contributed by atoms with Crippen molar-refractivity contribution in [2.24, 2.45) is 0 Å². The number of nitrogens with zero attached hydrogens (tertiary/aromatic N) is 4. The van der Waals surface area contributed by atoms with E-state index in [1.165, 1.54) is 0 Å². The largest absolute Gasteiger partial charge is 0.394 e. The summed E-state index contributed by atoms with van der Waals surface area (Å²) in [6.45, 7) is 8.38. The Bertz CT molecular complexity index is 728. The molecule has 1 aliphatic rings. The van der Waals surface area contributed by atoms with E-state index in [9.17, 15) is 5.11 Å². The minimum Gasteiger partial charge on any atom is -0.394 e. The molecule has 0 fully saturated rings. The second-order valence-corrected chi connectivity index (χ2v) is 6.88. The molecule has 0 aliphatic carbocycles. The van der Waals surface area contributed by atoms with Crippen molar-refractivity contribution in [1.29, 1.82) is 0 Å². The lowest BCUT2D eigenvalue weighted by molar-refractivity contribution is 0.195. The fourth-order valence-corrected chi connectivity index (χ4v) is 3.04. The van der Waals surface area contributed by atoms with Crippen molar-refractivity contribution in [3.8, 4) is 0 Å². The molecule has 5 nitrogen and oxygen atoms in total. The lowest BCUT2D eigenvalue weighted by Gasteiger charge is -2.37. The van der Waals surface area contributed by atoms with Crippen LogP contribution in [0.5, 0.6) is 0 Å². The van der Waals surface area contributed by atoms with Crippen molar-refractivity contribution in [2.75, 3.05) is 18.6 Å². The van der Waals surface area contributed by atoms with Crippen LogP contribution >= 0.6 is 0 Å². The molecule has 1 atom stereocenters. The first-order valence-electron chi connectivity index (χ1n) is 7.88. The Morgan fingerprint density at radius 2 is 2.05 bits per heavy atom. The van der Waals surface area contributed by atoms with Gasteiger partial charge in [-0.3, -0.25) is 4.98 Å². The molecule has 1 aliphatic heterocycles. The minimum atomic E-state index is -0.329. The molecule has 22 heavy (non-hydrogen) atoms. The van der Waals surface area contributed by atoms with Crippen molar-refractivity contribution >= 4 is 16.7 Å². The predicted octanol–water partition coefficient (Wildman–Crippen LogP) is 2.59. The Morgan fingerprint density at radius 3 is 2.68 bits per heavy atom. The summed E-state index contributed by atoms with van der Waals surface area (Å²) in [6.07, 6.45) is 1.68. The standard InChI is InChI=1S/C17H24N4O/c1-10(2)15-19-13-8-11(3)18-12-6-7-17(4,9-22)21(5)16(20-15)14(12)13/h8,10,22H,6-7,9H2,1-5H3/t17-/m1/s1. The summed E-state index contributed by atoms with van der Waals surface area (Å²) in [5, 5.41) is 10.9.